The maximum Gasteiger partial charge on any atom is 0.298 e. The van der Waals surface area contributed by atoms with E-state index in [1.807, 2.05) is 13.8 Å². The summed E-state index contributed by atoms with van der Waals surface area (Å²) in [5.74, 6) is 0.264. The van der Waals surface area contributed by atoms with Crippen molar-refractivity contribution in [3.05, 3.63) is 76.4 Å². The fourth-order valence-electron chi connectivity index (χ4n) is 4.41. The van der Waals surface area contributed by atoms with Crippen LogP contribution in [-0.2, 0) is 14.3 Å². The van der Waals surface area contributed by atoms with E-state index in [2.05, 4.69) is 77.6 Å². The molecule has 5 heteroatoms. The van der Waals surface area contributed by atoms with Gasteiger partial charge in [0.15, 0.2) is 6.23 Å². The van der Waals surface area contributed by atoms with Crippen molar-refractivity contribution in [3.63, 3.8) is 0 Å². The zero-order valence-corrected chi connectivity index (χ0v) is 23.2. The van der Waals surface area contributed by atoms with E-state index in [0.29, 0.717) is 0 Å². The Morgan fingerprint density at radius 1 is 0.882 bits per heavy atom. The van der Waals surface area contributed by atoms with E-state index in [0.717, 1.165) is 35.1 Å². The molecule has 2 aromatic rings. The highest BCUT2D eigenvalue weighted by atomic mass is 32.2. The van der Waals surface area contributed by atoms with Gasteiger partial charge >= 0.3 is 0 Å². The van der Waals surface area contributed by atoms with Crippen molar-refractivity contribution >= 4 is 10.1 Å². The molecule has 0 radical (unpaired) electrons. The molecule has 2 unspecified atom stereocenters. The fourth-order valence-corrected chi connectivity index (χ4v) is 5.44. The molecule has 188 valence electrons. The average molecular weight is 486 g/mol. The van der Waals surface area contributed by atoms with Gasteiger partial charge in [0.1, 0.15) is 0 Å². The van der Waals surface area contributed by atoms with Crippen LogP contribution in [0.1, 0.15) is 95.7 Å². The van der Waals surface area contributed by atoms with Crippen LogP contribution in [-0.4, -0.2) is 25.4 Å². The van der Waals surface area contributed by atoms with Gasteiger partial charge in [-0.15, -0.1) is 0 Å². The lowest BCUT2D eigenvalue weighted by atomic mass is 9.89. The summed E-state index contributed by atoms with van der Waals surface area (Å²) in [7, 11) is -3.97. The third-order valence-corrected chi connectivity index (χ3v) is 7.47. The molecular weight excluding hydrogens is 442 g/mol. The third kappa shape index (κ3) is 7.53. The summed E-state index contributed by atoms with van der Waals surface area (Å²) in [6.07, 6.45) is 3.52. The first kappa shape index (κ1) is 28.3. The van der Waals surface area contributed by atoms with Crippen molar-refractivity contribution in [1.29, 1.82) is 0 Å². The Hall–Kier alpha value is -1.95. The molecule has 0 saturated carbocycles. The van der Waals surface area contributed by atoms with Crippen molar-refractivity contribution < 1.29 is 12.6 Å². The first-order chi connectivity index (χ1) is 15.8. The average Bonchev–Trinajstić information content (AvgIpc) is 2.72. The van der Waals surface area contributed by atoms with Crippen LogP contribution in [0.15, 0.2) is 59.0 Å². The second-order valence-electron chi connectivity index (χ2n) is 10.2. The number of benzene rings is 2. The monoisotopic (exact) mass is 485 g/mol. The molecule has 2 rings (SSSR count). The maximum absolute atomic E-state index is 13.4. The van der Waals surface area contributed by atoms with E-state index in [4.69, 9.17) is 4.18 Å². The minimum atomic E-state index is -3.97. The molecule has 0 aliphatic rings. The van der Waals surface area contributed by atoms with Gasteiger partial charge in [-0.3, -0.25) is 4.90 Å². The molecule has 2 aromatic carbocycles. The van der Waals surface area contributed by atoms with Crippen LogP contribution < -0.4 is 0 Å². The predicted octanol–water partition coefficient (Wildman–Crippen LogP) is 7.68. The number of allylic oxidation sites excluding steroid dienone is 2. The van der Waals surface area contributed by atoms with Crippen LogP contribution in [0.5, 0.6) is 0 Å². The first-order valence-corrected chi connectivity index (χ1v) is 13.8. The molecule has 34 heavy (non-hydrogen) atoms. The summed E-state index contributed by atoms with van der Waals surface area (Å²) < 4.78 is 33.0. The van der Waals surface area contributed by atoms with E-state index < -0.39 is 16.3 Å². The summed E-state index contributed by atoms with van der Waals surface area (Å²) in [5, 5.41) is 0. The topological polar surface area (TPSA) is 46.6 Å². The van der Waals surface area contributed by atoms with Gasteiger partial charge in [0.05, 0.1) is 4.90 Å². The third-order valence-electron chi connectivity index (χ3n) is 6.18. The standard InChI is InChI=1S/C29H43NO3S/c1-20(2)11-10-12-25(9)27-18-15-24(8)19-28(27)29(30(21(3)4)22(5)6)33-34(31,32)26-16-13-23(7)14-17-26/h11,13-19,21-22,25,29H,10,12H2,1-9H3. The Labute approximate surface area is 208 Å². The molecule has 0 N–H and O–H groups in total. The molecule has 0 spiro atoms. The number of hydrogen-bond donors (Lipinski definition) is 0. The summed E-state index contributed by atoms with van der Waals surface area (Å²) >= 11 is 0. The summed E-state index contributed by atoms with van der Waals surface area (Å²) in [6.45, 7) is 18.8. The number of rotatable bonds is 11. The molecule has 0 saturated heterocycles. The quantitative estimate of drug-likeness (QED) is 0.186. The molecule has 0 aliphatic carbocycles. The van der Waals surface area contributed by atoms with Crippen molar-refractivity contribution in [2.24, 2.45) is 0 Å². The molecule has 0 fully saturated rings. The highest BCUT2D eigenvalue weighted by molar-refractivity contribution is 7.86. The van der Waals surface area contributed by atoms with Crippen LogP contribution in [0, 0.1) is 13.8 Å². The summed E-state index contributed by atoms with van der Waals surface area (Å²) in [4.78, 5) is 2.33. The van der Waals surface area contributed by atoms with Crippen molar-refractivity contribution in [1.82, 2.24) is 4.90 Å². The lowest BCUT2D eigenvalue weighted by Crippen LogP contribution is -2.42. The molecule has 2 atom stereocenters. The van der Waals surface area contributed by atoms with Crippen LogP contribution in [0.2, 0.25) is 0 Å². The van der Waals surface area contributed by atoms with Gasteiger partial charge in [0.2, 0.25) is 0 Å². The minimum absolute atomic E-state index is 0.0903. The van der Waals surface area contributed by atoms with Gasteiger partial charge in [-0.25, -0.2) is 4.18 Å². The number of aryl methyl sites for hydroxylation is 2. The van der Waals surface area contributed by atoms with Crippen molar-refractivity contribution in [3.8, 4) is 0 Å². The Bertz CT molecular complexity index is 1060. The molecule has 0 bridgehead atoms. The summed E-state index contributed by atoms with van der Waals surface area (Å²) in [6, 6.07) is 13.4. The molecular formula is C29H43NO3S. The minimum Gasteiger partial charge on any atom is -0.268 e. The van der Waals surface area contributed by atoms with Gasteiger partial charge in [-0.1, -0.05) is 60.0 Å². The fraction of sp³-hybridized carbons (Fsp3) is 0.517. The van der Waals surface area contributed by atoms with E-state index in [-0.39, 0.29) is 22.9 Å². The molecule has 0 heterocycles. The van der Waals surface area contributed by atoms with Crippen LogP contribution in [0.3, 0.4) is 0 Å². The van der Waals surface area contributed by atoms with Crippen molar-refractivity contribution in [2.45, 2.75) is 104 Å². The van der Waals surface area contributed by atoms with E-state index in [1.54, 1.807) is 24.3 Å². The second-order valence-corrected chi connectivity index (χ2v) is 11.8. The zero-order chi connectivity index (χ0) is 25.6. The van der Waals surface area contributed by atoms with Gasteiger partial charge in [-0.2, -0.15) is 8.42 Å². The van der Waals surface area contributed by atoms with E-state index in [9.17, 15) is 8.42 Å². The van der Waals surface area contributed by atoms with Crippen molar-refractivity contribution in [2.75, 3.05) is 0 Å². The van der Waals surface area contributed by atoms with Gasteiger partial charge in [0, 0.05) is 17.6 Å². The zero-order valence-electron chi connectivity index (χ0n) is 22.4. The predicted molar refractivity (Wildman–Crippen MR) is 143 cm³/mol. The normalized spacial score (nSPS) is 14.0. The molecule has 4 nitrogen and oxygen atoms in total. The Balaban J connectivity index is 2.60. The molecule has 0 aromatic heterocycles. The van der Waals surface area contributed by atoms with E-state index in [1.165, 1.54) is 5.57 Å². The van der Waals surface area contributed by atoms with Gasteiger partial charge < -0.3 is 0 Å². The van der Waals surface area contributed by atoms with E-state index >= 15 is 0 Å². The van der Waals surface area contributed by atoms with Crippen LogP contribution in [0.4, 0.5) is 0 Å². The van der Waals surface area contributed by atoms with Gasteiger partial charge in [-0.05, 0) is 91.8 Å². The maximum atomic E-state index is 13.4. The highest BCUT2D eigenvalue weighted by Gasteiger charge is 2.34. The highest BCUT2D eigenvalue weighted by Crippen LogP contribution is 2.37. The Morgan fingerprint density at radius 2 is 1.44 bits per heavy atom. The molecule has 0 aliphatic heterocycles. The lowest BCUT2D eigenvalue weighted by molar-refractivity contribution is -0.0171. The largest absolute Gasteiger partial charge is 0.298 e. The smallest absolute Gasteiger partial charge is 0.268 e. The number of hydrogen-bond acceptors (Lipinski definition) is 4. The Kier molecular flexibility index (Phi) is 10.1. The summed E-state index contributed by atoms with van der Waals surface area (Å²) in [5.41, 5.74) is 5.48. The first-order valence-electron chi connectivity index (χ1n) is 12.3. The number of nitrogens with zero attached hydrogens (tertiary/aromatic N) is 1. The van der Waals surface area contributed by atoms with Gasteiger partial charge in [0.25, 0.3) is 10.1 Å². The van der Waals surface area contributed by atoms with Crippen LogP contribution >= 0.6 is 0 Å². The Morgan fingerprint density at radius 3 is 1.97 bits per heavy atom. The lowest BCUT2D eigenvalue weighted by Gasteiger charge is -2.38. The second kappa shape index (κ2) is 12.1. The SMILES string of the molecule is CC(C)=CCCC(C)c1ccc(C)cc1C(OS(=O)(=O)c1ccc(C)cc1)N(C(C)C)C(C)C. The molecule has 0 amide bonds. The van der Waals surface area contributed by atoms with Crippen LogP contribution in [0.25, 0.3) is 0 Å².